The molecule has 0 aliphatic carbocycles. The summed E-state index contributed by atoms with van der Waals surface area (Å²) >= 11 is 5.94. The Morgan fingerprint density at radius 1 is 1.08 bits per heavy atom. The van der Waals surface area contributed by atoms with Crippen LogP contribution in [0.4, 0.5) is 11.5 Å². The Morgan fingerprint density at radius 2 is 1.88 bits per heavy atom. The van der Waals surface area contributed by atoms with E-state index in [9.17, 15) is 4.79 Å². The molecule has 1 N–H and O–H groups in total. The highest BCUT2D eigenvalue weighted by atomic mass is 35.5. The largest absolute Gasteiger partial charge is 0.356 e. The number of aromatic nitrogens is 4. The van der Waals surface area contributed by atoms with Crippen molar-refractivity contribution in [3.8, 4) is 5.82 Å². The van der Waals surface area contributed by atoms with Crippen LogP contribution in [0.2, 0.25) is 5.02 Å². The van der Waals surface area contributed by atoms with Crippen LogP contribution in [0.3, 0.4) is 0 Å². The molecule has 8 heteroatoms. The van der Waals surface area contributed by atoms with Crippen molar-refractivity contribution in [2.24, 2.45) is 0 Å². The van der Waals surface area contributed by atoms with E-state index in [2.05, 4.69) is 25.2 Å². The zero-order valence-corrected chi connectivity index (χ0v) is 14.7. The second-order valence-corrected chi connectivity index (χ2v) is 6.50. The third kappa shape index (κ3) is 3.52. The van der Waals surface area contributed by atoms with Gasteiger partial charge < -0.3 is 10.2 Å². The van der Waals surface area contributed by atoms with Gasteiger partial charge in [-0.25, -0.2) is 15.0 Å². The predicted octanol–water partition coefficient (Wildman–Crippen LogP) is 3.17. The molecule has 0 unspecified atom stereocenters. The molecule has 1 aromatic carbocycles. The van der Waals surface area contributed by atoms with E-state index >= 15 is 0 Å². The minimum atomic E-state index is -0.306. The number of benzene rings is 1. The Kier molecular flexibility index (Phi) is 4.53. The predicted molar refractivity (Wildman–Crippen MR) is 100 cm³/mol. The molecule has 3 heterocycles. The van der Waals surface area contributed by atoms with Gasteiger partial charge in [-0.05, 0) is 31.0 Å². The van der Waals surface area contributed by atoms with Crippen molar-refractivity contribution in [2.75, 3.05) is 23.3 Å². The van der Waals surface area contributed by atoms with Crippen LogP contribution in [0.5, 0.6) is 0 Å². The number of hydrogen-bond donors (Lipinski definition) is 1. The first kappa shape index (κ1) is 16.5. The number of amides is 1. The van der Waals surface area contributed by atoms with Crippen molar-refractivity contribution in [3.05, 3.63) is 59.9 Å². The average Bonchev–Trinajstić information content (AvgIpc) is 3.34. The second-order valence-electron chi connectivity index (χ2n) is 6.06. The molecule has 0 spiro atoms. The summed E-state index contributed by atoms with van der Waals surface area (Å²) in [5, 5.41) is 3.34. The Labute approximate surface area is 155 Å². The van der Waals surface area contributed by atoms with Crippen molar-refractivity contribution in [1.82, 2.24) is 19.5 Å². The minimum absolute atomic E-state index is 0.298. The topological polar surface area (TPSA) is 75.9 Å². The molecular formula is C18H17ClN6O. The van der Waals surface area contributed by atoms with E-state index in [4.69, 9.17) is 11.6 Å². The van der Waals surface area contributed by atoms with Gasteiger partial charge in [-0.1, -0.05) is 17.7 Å². The number of halogens is 1. The summed E-state index contributed by atoms with van der Waals surface area (Å²) in [6.07, 6.45) is 7.12. The Balaban J connectivity index is 1.52. The van der Waals surface area contributed by atoms with Crippen LogP contribution >= 0.6 is 11.6 Å². The van der Waals surface area contributed by atoms with Crippen LogP contribution in [-0.2, 0) is 0 Å². The van der Waals surface area contributed by atoms with Gasteiger partial charge in [-0.2, -0.15) is 0 Å². The lowest BCUT2D eigenvalue weighted by Crippen LogP contribution is -2.19. The molecule has 132 valence electrons. The Bertz CT molecular complexity index is 935. The molecule has 3 aromatic rings. The highest BCUT2D eigenvalue weighted by Crippen LogP contribution is 2.19. The molecule has 1 amide bonds. The van der Waals surface area contributed by atoms with Gasteiger partial charge in [-0.15, -0.1) is 0 Å². The number of carbonyl (C=O) groups is 1. The van der Waals surface area contributed by atoms with Gasteiger partial charge in [0.1, 0.15) is 30.0 Å². The van der Waals surface area contributed by atoms with Crippen molar-refractivity contribution in [2.45, 2.75) is 12.8 Å². The number of nitrogens with one attached hydrogen (secondary N) is 1. The molecular weight excluding hydrogens is 352 g/mol. The molecule has 0 saturated carbocycles. The maximum atomic E-state index is 12.4. The van der Waals surface area contributed by atoms with Crippen molar-refractivity contribution in [1.29, 1.82) is 0 Å². The summed E-state index contributed by atoms with van der Waals surface area (Å²) in [7, 11) is 0. The molecule has 1 aliphatic rings. The highest BCUT2D eigenvalue weighted by Gasteiger charge is 2.15. The molecule has 26 heavy (non-hydrogen) atoms. The van der Waals surface area contributed by atoms with E-state index in [0.29, 0.717) is 22.2 Å². The zero-order valence-electron chi connectivity index (χ0n) is 14.0. The number of imidazole rings is 1. The lowest BCUT2D eigenvalue weighted by molar-refractivity contribution is 0.102. The third-order valence-corrected chi connectivity index (χ3v) is 4.47. The van der Waals surface area contributed by atoms with Crippen LogP contribution in [0.15, 0.2) is 49.2 Å². The number of carbonyl (C=O) groups excluding carboxylic acids is 1. The number of nitrogens with zero attached hydrogens (tertiary/aromatic N) is 5. The van der Waals surface area contributed by atoms with Crippen LogP contribution in [0.25, 0.3) is 5.82 Å². The maximum absolute atomic E-state index is 12.4. The van der Waals surface area contributed by atoms with Gasteiger partial charge in [0.25, 0.3) is 5.91 Å². The van der Waals surface area contributed by atoms with Crippen molar-refractivity contribution >= 4 is 29.0 Å². The van der Waals surface area contributed by atoms with Crippen LogP contribution in [0.1, 0.15) is 23.3 Å². The van der Waals surface area contributed by atoms with Gasteiger partial charge in [0, 0.05) is 36.1 Å². The quantitative estimate of drug-likeness (QED) is 0.765. The molecule has 7 nitrogen and oxygen atoms in total. The molecule has 1 aliphatic heterocycles. The van der Waals surface area contributed by atoms with Crippen LogP contribution < -0.4 is 10.2 Å². The summed E-state index contributed by atoms with van der Waals surface area (Å²) in [5.41, 5.74) is 0.918. The number of anilines is 2. The summed E-state index contributed by atoms with van der Waals surface area (Å²) < 4.78 is 1.72. The molecule has 2 aromatic heterocycles. The van der Waals surface area contributed by atoms with Gasteiger partial charge in [0.2, 0.25) is 0 Å². The van der Waals surface area contributed by atoms with Crippen LogP contribution in [-0.4, -0.2) is 38.5 Å². The normalized spacial score (nSPS) is 13.8. The van der Waals surface area contributed by atoms with Crippen molar-refractivity contribution < 1.29 is 4.79 Å². The smallest absolute Gasteiger partial charge is 0.275 e. The summed E-state index contributed by atoms with van der Waals surface area (Å²) in [6, 6.07) is 8.89. The fourth-order valence-electron chi connectivity index (χ4n) is 2.92. The molecule has 0 atom stereocenters. The maximum Gasteiger partial charge on any atom is 0.275 e. The van der Waals surface area contributed by atoms with Gasteiger partial charge in [0.05, 0.1) is 0 Å². The number of hydrogen-bond acceptors (Lipinski definition) is 5. The Hall–Kier alpha value is -2.93. The molecule has 1 saturated heterocycles. The lowest BCUT2D eigenvalue weighted by atomic mass is 10.3. The first-order chi connectivity index (χ1) is 12.7. The summed E-state index contributed by atoms with van der Waals surface area (Å²) in [4.78, 5) is 27.4. The van der Waals surface area contributed by atoms with Gasteiger partial charge in [-0.3, -0.25) is 9.36 Å². The SMILES string of the molecule is O=C(Nc1cccc(Cl)c1)c1cn(-c2cc(N3CCCC3)ncn2)cn1. The monoisotopic (exact) mass is 368 g/mol. The zero-order chi connectivity index (χ0) is 17.9. The molecule has 0 bridgehead atoms. The fourth-order valence-corrected chi connectivity index (χ4v) is 3.11. The minimum Gasteiger partial charge on any atom is -0.356 e. The summed E-state index contributed by atoms with van der Waals surface area (Å²) in [5.74, 6) is 1.27. The van der Waals surface area contributed by atoms with Crippen molar-refractivity contribution in [3.63, 3.8) is 0 Å². The van der Waals surface area contributed by atoms with E-state index in [1.807, 2.05) is 6.07 Å². The first-order valence-corrected chi connectivity index (χ1v) is 8.75. The highest BCUT2D eigenvalue weighted by molar-refractivity contribution is 6.30. The molecule has 4 rings (SSSR count). The molecule has 0 radical (unpaired) electrons. The summed E-state index contributed by atoms with van der Waals surface area (Å²) in [6.45, 7) is 2.02. The van der Waals surface area contributed by atoms with E-state index in [-0.39, 0.29) is 5.91 Å². The average molecular weight is 369 g/mol. The third-order valence-electron chi connectivity index (χ3n) is 4.23. The van der Waals surface area contributed by atoms with Gasteiger partial charge >= 0.3 is 0 Å². The van der Waals surface area contributed by atoms with E-state index < -0.39 is 0 Å². The second kappa shape index (κ2) is 7.13. The molecule has 1 fully saturated rings. The Morgan fingerprint density at radius 3 is 2.69 bits per heavy atom. The van der Waals surface area contributed by atoms with Crippen LogP contribution in [0, 0.1) is 0 Å². The number of rotatable bonds is 4. The fraction of sp³-hybridized carbons (Fsp3) is 0.222. The van der Waals surface area contributed by atoms with E-state index in [1.165, 1.54) is 19.2 Å². The first-order valence-electron chi connectivity index (χ1n) is 8.37. The standard InChI is InChI=1S/C18H17ClN6O/c19-13-4-3-5-14(8-13)23-18(26)15-10-25(12-22-15)17-9-16(20-11-21-17)24-6-1-2-7-24/h3-5,8-12H,1-2,6-7H2,(H,23,26). The van der Waals surface area contributed by atoms with Gasteiger partial charge in [0.15, 0.2) is 0 Å². The van der Waals surface area contributed by atoms with E-state index in [1.54, 1.807) is 41.4 Å². The van der Waals surface area contributed by atoms with E-state index in [0.717, 1.165) is 18.9 Å². The lowest BCUT2D eigenvalue weighted by Gasteiger charge is -2.16.